The van der Waals surface area contributed by atoms with Crippen LogP contribution in [0.1, 0.15) is 33.6 Å². The highest BCUT2D eigenvalue weighted by Crippen LogP contribution is 2.06. The van der Waals surface area contributed by atoms with Crippen molar-refractivity contribution in [3.63, 3.8) is 0 Å². The molecule has 0 aliphatic rings. The summed E-state index contributed by atoms with van der Waals surface area (Å²) in [6.45, 7) is 5.27. The van der Waals surface area contributed by atoms with Crippen LogP contribution in [0.3, 0.4) is 0 Å². The molecule has 6 nitrogen and oxygen atoms in total. The molecule has 3 N–H and O–H groups in total. The van der Waals surface area contributed by atoms with E-state index in [4.69, 9.17) is 5.11 Å². The summed E-state index contributed by atoms with van der Waals surface area (Å²) in [4.78, 5) is 32.9. The molecule has 0 radical (unpaired) electrons. The van der Waals surface area contributed by atoms with Crippen molar-refractivity contribution >= 4 is 17.8 Å². The molecule has 6 heteroatoms. The number of carboxylic acid groups (broad SMARTS) is 1. The second-order valence-electron chi connectivity index (χ2n) is 4.41. The zero-order chi connectivity index (χ0) is 13.4. The molecular formula is C11H20N2O4. The fraction of sp³-hybridized carbons (Fsp3) is 0.727. The molecule has 0 aromatic rings. The van der Waals surface area contributed by atoms with Crippen molar-refractivity contribution in [2.24, 2.45) is 5.92 Å². The van der Waals surface area contributed by atoms with Crippen LogP contribution in [-0.4, -0.2) is 35.5 Å². The van der Waals surface area contributed by atoms with Crippen LogP contribution >= 0.6 is 0 Å². The normalized spacial score (nSPS) is 12.0. The standard InChI is InChI=1S/C11H20N2O4/c1-7(2)13-10(15)6-12-9(14)4-8(3)5-11(16)17/h7-8H,4-6H2,1-3H3,(H,12,14)(H,13,15)(H,16,17). The maximum Gasteiger partial charge on any atom is 0.303 e. The lowest BCUT2D eigenvalue weighted by Gasteiger charge is -2.11. The number of carboxylic acids is 1. The highest BCUT2D eigenvalue weighted by molar-refractivity contribution is 5.85. The van der Waals surface area contributed by atoms with Gasteiger partial charge in [0, 0.05) is 18.9 Å². The van der Waals surface area contributed by atoms with Gasteiger partial charge in [0.05, 0.1) is 6.54 Å². The number of carbonyl (C=O) groups excluding carboxylic acids is 2. The minimum absolute atomic E-state index is 0.0327. The van der Waals surface area contributed by atoms with Gasteiger partial charge in [0.1, 0.15) is 0 Å². The summed E-state index contributed by atoms with van der Waals surface area (Å²) in [6, 6.07) is 0.0327. The molecule has 0 saturated heterocycles. The van der Waals surface area contributed by atoms with Gasteiger partial charge in [0.25, 0.3) is 0 Å². The van der Waals surface area contributed by atoms with Gasteiger partial charge >= 0.3 is 5.97 Å². The Morgan fingerprint density at radius 3 is 2.12 bits per heavy atom. The van der Waals surface area contributed by atoms with Crippen molar-refractivity contribution in [2.45, 2.75) is 39.7 Å². The van der Waals surface area contributed by atoms with Crippen LogP contribution in [-0.2, 0) is 14.4 Å². The van der Waals surface area contributed by atoms with Gasteiger partial charge in [-0.3, -0.25) is 14.4 Å². The fourth-order valence-corrected chi connectivity index (χ4v) is 1.31. The quantitative estimate of drug-likeness (QED) is 0.593. The maximum atomic E-state index is 11.3. The Morgan fingerprint density at radius 1 is 1.06 bits per heavy atom. The number of aliphatic carboxylic acids is 1. The van der Waals surface area contributed by atoms with Crippen LogP contribution in [0.15, 0.2) is 0 Å². The van der Waals surface area contributed by atoms with Crippen molar-refractivity contribution in [2.75, 3.05) is 6.54 Å². The first-order valence-electron chi connectivity index (χ1n) is 5.59. The molecule has 0 spiro atoms. The summed E-state index contributed by atoms with van der Waals surface area (Å²) in [6.07, 6.45) is 0.0624. The number of hydrogen-bond acceptors (Lipinski definition) is 3. The van der Waals surface area contributed by atoms with E-state index in [1.54, 1.807) is 6.92 Å². The summed E-state index contributed by atoms with van der Waals surface area (Å²) >= 11 is 0. The van der Waals surface area contributed by atoms with Gasteiger partial charge in [-0.15, -0.1) is 0 Å². The lowest BCUT2D eigenvalue weighted by atomic mass is 10.0. The zero-order valence-corrected chi connectivity index (χ0v) is 10.4. The van der Waals surface area contributed by atoms with Gasteiger partial charge in [-0.1, -0.05) is 6.92 Å². The Balaban J connectivity index is 3.79. The number of carbonyl (C=O) groups is 3. The third-order valence-electron chi connectivity index (χ3n) is 1.95. The molecule has 17 heavy (non-hydrogen) atoms. The average Bonchev–Trinajstić information content (AvgIpc) is 2.12. The minimum atomic E-state index is -0.928. The number of amides is 2. The average molecular weight is 244 g/mol. The number of rotatable bonds is 7. The van der Waals surface area contributed by atoms with Crippen LogP contribution in [0.4, 0.5) is 0 Å². The van der Waals surface area contributed by atoms with E-state index >= 15 is 0 Å². The van der Waals surface area contributed by atoms with Gasteiger partial charge in [-0.05, 0) is 19.8 Å². The predicted molar refractivity (Wildman–Crippen MR) is 62.3 cm³/mol. The van der Waals surface area contributed by atoms with Crippen LogP contribution in [0.2, 0.25) is 0 Å². The lowest BCUT2D eigenvalue weighted by Crippen LogP contribution is -2.40. The Hall–Kier alpha value is -1.59. The highest BCUT2D eigenvalue weighted by atomic mass is 16.4. The molecule has 0 aliphatic carbocycles. The van der Waals surface area contributed by atoms with E-state index in [1.807, 2.05) is 13.8 Å². The lowest BCUT2D eigenvalue weighted by molar-refractivity contribution is -0.138. The molecule has 1 atom stereocenters. The summed E-state index contributed by atoms with van der Waals surface area (Å²) in [5.74, 6) is -1.72. The largest absolute Gasteiger partial charge is 0.481 e. The van der Waals surface area contributed by atoms with E-state index in [9.17, 15) is 14.4 Å². The molecule has 0 saturated carbocycles. The summed E-state index contributed by atoms with van der Waals surface area (Å²) < 4.78 is 0. The van der Waals surface area contributed by atoms with Crippen molar-refractivity contribution in [3.8, 4) is 0 Å². The first kappa shape index (κ1) is 15.4. The van der Waals surface area contributed by atoms with Crippen molar-refractivity contribution < 1.29 is 19.5 Å². The van der Waals surface area contributed by atoms with Crippen LogP contribution in [0.5, 0.6) is 0 Å². The van der Waals surface area contributed by atoms with E-state index in [2.05, 4.69) is 10.6 Å². The van der Waals surface area contributed by atoms with Gasteiger partial charge < -0.3 is 15.7 Å². The molecule has 98 valence electrons. The third kappa shape index (κ3) is 9.35. The van der Waals surface area contributed by atoms with E-state index in [-0.39, 0.29) is 43.2 Å². The third-order valence-corrected chi connectivity index (χ3v) is 1.95. The van der Waals surface area contributed by atoms with E-state index in [0.717, 1.165) is 0 Å². The van der Waals surface area contributed by atoms with Crippen molar-refractivity contribution in [1.29, 1.82) is 0 Å². The molecule has 0 heterocycles. The Morgan fingerprint density at radius 2 is 1.65 bits per heavy atom. The maximum absolute atomic E-state index is 11.3. The second-order valence-corrected chi connectivity index (χ2v) is 4.41. The molecule has 0 aromatic carbocycles. The molecule has 0 aromatic heterocycles. The molecule has 0 aliphatic heterocycles. The monoisotopic (exact) mass is 244 g/mol. The van der Waals surface area contributed by atoms with Gasteiger partial charge in [0.15, 0.2) is 0 Å². The van der Waals surface area contributed by atoms with Crippen LogP contribution < -0.4 is 10.6 Å². The summed E-state index contributed by atoms with van der Waals surface area (Å²) in [7, 11) is 0. The number of hydrogen-bond donors (Lipinski definition) is 3. The predicted octanol–water partition coefficient (Wildman–Crippen LogP) is 0.128. The van der Waals surface area contributed by atoms with Crippen molar-refractivity contribution in [1.82, 2.24) is 10.6 Å². The summed E-state index contributed by atoms with van der Waals surface area (Å²) in [5.41, 5.74) is 0. The Bertz CT molecular complexity index is 289. The molecule has 0 rings (SSSR count). The van der Waals surface area contributed by atoms with Crippen LogP contribution in [0, 0.1) is 5.92 Å². The smallest absolute Gasteiger partial charge is 0.303 e. The SMILES string of the molecule is CC(CC(=O)O)CC(=O)NCC(=O)NC(C)C. The number of nitrogens with one attached hydrogen (secondary N) is 2. The Kier molecular flexibility index (Phi) is 6.93. The minimum Gasteiger partial charge on any atom is -0.481 e. The first-order valence-corrected chi connectivity index (χ1v) is 5.59. The topological polar surface area (TPSA) is 95.5 Å². The zero-order valence-electron chi connectivity index (χ0n) is 10.4. The first-order chi connectivity index (χ1) is 7.81. The molecule has 0 bridgehead atoms. The van der Waals surface area contributed by atoms with Gasteiger partial charge in [0.2, 0.25) is 11.8 Å². The molecular weight excluding hydrogens is 224 g/mol. The van der Waals surface area contributed by atoms with Gasteiger partial charge in [-0.25, -0.2) is 0 Å². The fourth-order valence-electron chi connectivity index (χ4n) is 1.31. The molecule has 2 amide bonds. The van der Waals surface area contributed by atoms with E-state index in [0.29, 0.717) is 0 Å². The summed E-state index contributed by atoms with van der Waals surface area (Å²) in [5, 5.41) is 13.6. The van der Waals surface area contributed by atoms with Gasteiger partial charge in [-0.2, -0.15) is 0 Å². The van der Waals surface area contributed by atoms with E-state index in [1.165, 1.54) is 0 Å². The highest BCUT2D eigenvalue weighted by Gasteiger charge is 2.13. The molecule has 1 unspecified atom stereocenters. The van der Waals surface area contributed by atoms with E-state index < -0.39 is 5.97 Å². The second kappa shape index (κ2) is 7.65. The Labute approximate surface area is 101 Å². The molecule has 0 fully saturated rings. The van der Waals surface area contributed by atoms with Crippen molar-refractivity contribution in [3.05, 3.63) is 0 Å². The van der Waals surface area contributed by atoms with Crippen LogP contribution in [0.25, 0.3) is 0 Å².